The van der Waals surface area contributed by atoms with Crippen LogP contribution in [0.25, 0.3) is 0 Å². The summed E-state index contributed by atoms with van der Waals surface area (Å²) in [5.41, 5.74) is 2.10. The molecule has 13 nitrogen and oxygen atoms in total. The van der Waals surface area contributed by atoms with Crippen molar-refractivity contribution in [1.82, 2.24) is 20.3 Å². The molecular weight excluding hydrogens is 566 g/mol. The van der Waals surface area contributed by atoms with Gasteiger partial charge in [0.25, 0.3) is 5.91 Å². The van der Waals surface area contributed by atoms with Crippen LogP contribution in [0.2, 0.25) is 0 Å². The van der Waals surface area contributed by atoms with Crippen molar-refractivity contribution in [3.63, 3.8) is 0 Å². The minimum absolute atomic E-state index is 0.110. The summed E-state index contributed by atoms with van der Waals surface area (Å²) < 4.78 is 17.5. The highest BCUT2D eigenvalue weighted by atomic mass is 16.5. The molecule has 2 aliphatic rings. The maximum atomic E-state index is 13.2. The molecule has 1 amide bonds. The van der Waals surface area contributed by atoms with E-state index in [4.69, 9.17) is 19.6 Å². The fraction of sp³-hybridized carbons (Fsp3) is 0.419. The summed E-state index contributed by atoms with van der Waals surface area (Å²) >= 11 is 0. The average Bonchev–Trinajstić information content (AvgIpc) is 2.99. The van der Waals surface area contributed by atoms with E-state index in [1.165, 1.54) is 0 Å². The lowest BCUT2D eigenvalue weighted by molar-refractivity contribution is -0.139. The molecule has 5 N–H and O–H groups in total. The summed E-state index contributed by atoms with van der Waals surface area (Å²) in [7, 11) is 0. The van der Waals surface area contributed by atoms with Crippen LogP contribution in [-0.4, -0.2) is 63.5 Å². The molecule has 2 aliphatic heterocycles. The first-order valence-electron chi connectivity index (χ1n) is 14.8. The number of carbonyl (C=O) groups excluding carboxylic acids is 1. The molecule has 0 fully saturated rings. The van der Waals surface area contributed by atoms with E-state index in [-0.39, 0.29) is 36.1 Å². The van der Waals surface area contributed by atoms with Gasteiger partial charge in [-0.2, -0.15) is 15.0 Å². The molecule has 5 rings (SSSR count). The lowest BCUT2D eigenvalue weighted by atomic mass is 10.1. The summed E-state index contributed by atoms with van der Waals surface area (Å²) in [4.78, 5) is 38.2. The van der Waals surface area contributed by atoms with E-state index >= 15 is 0 Å². The molecule has 0 saturated heterocycles. The fourth-order valence-corrected chi connectivity index (χ4v) is 4.39. The lowest BCUT2D eigenvalue weighted by Gasteiger charge is -2.17. The molecule has 6 bridgehead atoms. The highest BCUT2D eigenvalue weighted by molar-refractivity contribution is 5.99. The Kier molecular flexibility index (Phi) is 11.7. The number of carboxylic acids is 1. The van der Waals surface area contributed by atoms with Crippen LogP contribution in [0.1, 0.15) is 68.3 Å². The van der Waals surface area contributed by atoms with Gasteiger partial charge in [0.2, 0.25) is 11.9 Å². The number of amides is 1. The van der Waals surface area contributed by atoms with Crippen LogP contribution in [-0.2, 0) is 11.3 Å². The summed E-state index contributed by atoms with van der Waals surface area (Å²) in [6.45, 7) is 5.22. The number of benzene rings is 2. The van der Waals surface area contributed by atoms with Gasteiger partial charge in [0, 0.05) is 24.0 Å². The van der Waals surface area contributed by atoms with Crippen molar-refractivity contribution >= 4 is 35.2 Å². The summed E-state index contributed by atoms with van der Waals surface area (Å²) in [6, 6.07) is 11.7. The zero-order chi connectivity index (χ0) is 31.3. The fourth-order valence-electron chi connectivity index (χ4n) is 4.39. The predicted molar refractivity (Wildman–Crippen MR) is 165 cm³/mol. The quantitative estimate of drug-likeness (QED) is 0.219. The van der Waals surface area contributed by atoms with E-state index in [9.17, 15) is 14.7 Å². The Labute approximate surface area is 256 Å². The molecule has 3 aromatic rings. The third-order valence-corrected chi connectivity index (χ3v) is 6.72. The Balaban J connectivity index is 1.60. The molecule has 234 valence electrons. The number of aromatic nitrogens is 3. The predicted octanol–water partition coefficient (Wildman–Crippen LogP) is 4.96. The zero-order valence-electron chi connectivity index (χ0n) is 25.0. The smallest absolute Gasteiger partial charge is 0.326 e. The van der Waals surface area contributed by atoms with Gasteiger partial charge in [-0.05, 0) is 82.2 Å². The molecular formula is C31H39N7O6. The van der Waals surface area contributed by atoms with Gasteiger partial charge < -0.3 is 40.7 Å². The van der Waals surface area contributed by atoms with Crippen molar-refractivity contribution in [2.24, 2.45) is 0 Å². The highest BCUT2D eigenvalue weighted by Crippen LogP contribution is 2.27. The van der Waals surface area contributed by atoms with Crippen molar-refractivity contribution in [3.05, 3.63) is 53.6 Å². The van der Waals surface area contributed by atoms with Crippen LogP contribution < -0.4 is 30.2 Å². The Morgan fingerprint density at radius 1 is 1.02 bits per heavy atom. The third kappa shape index (κ3) is 9.82. The highest BCUT2D eigenvalue weighted by Gasteiger charge is 2.23. The van der Waals surface area contributed by atoms with E-state index in [0.717, 1.165) is 37.0 Å². The van der Waals surface area contributed by atoms with Gasteiger partial charge in [-0.15, -0.1) is 0 Å². The van der Waals surface area contributed by atoms with Crippen LogP contribution in [0.4, 0.5) is 17.6 Å². The molecule has 0 radical (unpaired) electrons. The van der Waals surface area contributed by atoms with Gasteiger partial charge in [-0.1, -0.05) is 12.1 Å². The van der Waals surface area contributed by atoms with Gasteiger partial charge in [0.1, 0.15) is 17.5 Å². The van der Waals surface area contributed by atoms with E-state index in [1.54, 1.807) is 25.1 Å². The molecule has 44 heavy (non-hydrogen) atoms. The number of aliphatic carboxylic acids is 1. The van der Waals surface area contributed by atoms with Crippen molar-refractivity contribution in [3.8, 4) is 17.5 Å². The van der Waals surface area contributed by atoms with Gasteiger partial charge in [0.05, 0.1) is 25.4 Å². The molecule has 0 spiro atoms. The molecule has 0 aliphatic carbocycles. The number of nitrogens with one attached hydrogen (secondary N) is 4. The largest absolute Gasteiger partial charge is 0.494 e. The van der Waals surface area contributed by atoms with Crippen molar-refractivity contribution < 1.29 is 28.9 Å². The van der Waals surface area contributed by atoms with Crippen molar-refractivity contribution in [2.45, 2.75) is 65.0 Å². The number of carbonyl (C=O) groups is 2. The first-order chi connectivity index (χ1) is 21.3. The summed E-state index contributed by atoms with van der Waals surface area (Å²) in [5.74, 6) is -0.132. The second kappa shape index (κ2) is 16.1. The van der Waals surface area contributed by atoms with Crippen LogP contribution in [0, 0.1) is 5.41 Å². The molecule has 0 saturated carbocycles. The standard InChI is InChI=1S/C31H39N7O6/c1-3-42-31-37-29-33-19-21-9-12-23(13-10-21)43-16-6-4-5-7-17-44-26-18-22(34-30(36-29)38-31)11-14-24(26)27(39)35-25(28(40)41)15-8-20(2)32/h9-14,18,25,32H,3-8,15-17,19H2,1-2H3,(H,35,39)(H,40,41)(H2,33,34,36,37,38)/t25-/m0/s1. The van der Waals surface area contributed by atoms with Crippen LogP contribution in [0.5, 0.6) is 17.5 Å². The minimum Gasteiger partial charge on any atom is -0.494 e. The molecule has 2 aromatic carbocycles. The molecule has 0 unspecified atom stereocenters. The number of hydrogen-bond acceptors (Lipinski definition) is 11. The van der Waals surface area contributed by atoms with Gasteiger partial charge in [-0.3, -0.25) is 4.79 Å². The van der Waals surface area contributed by atoms with E-state index < -0.39 is 17.9 Å². The van der Waals surface area contributed by atoms with E-state index in [1.807, 2.05) is 31.2 Å². The number of ether oxygens (including phenoxy) is 3. The first-order valence-corrected chi connectivity index (χ1v) is 14.8. The Morgan fingerprint density at radius 3 is 2.45 bits per heavy atom. The average molecular weight is 606 g/mol. The molecule has 1 aromatic heterocycles. The van der Waals surface area contributed by atoms with Crippen LogP contribution in [0.3, 0.4) is 0 Å². The second-order valence-corrected chi connectivity index (χ2v) is 10.3. The Hall–Kier alpha value is -4.94. The van der Waals surface area contributed by atoms with Crippen LogP contribution >= 0.6 is 0 Å². The van der Waals surface area contributed by atoms with Gasteiger partial charge in [-0.25, -0.2) is 4.79 Å². The minimum atomic E-state index is -1.17. The zero-order valence-corrected chi connectivity index (χ0v) is 25.0. The normalized spacial score (nSPS) is 14.3. The van der Waals surface area contributed by atoms with Crippen molar-refractivity contribution in [1.29, 1.82) is 5.41 Å². The monoisotopic (exact) mass is 605 g/mol. The molecule has 3 heterocycles. The van der Waals surface area contributed by atoms with E-state index in [2.05, 4.69) is 30.9 Å². The summed E-state index contributed by atoms with van der Waals surface area (Å²) in [6.07, 6.45) is 3.87. The number of hydrogen-bond donors (Lipinski definition) is 5. The topological polar surface area (TPSA) is 181 Å². The Morgan fingerprint density at radius 2 is 1.75 bits per heavy atom. The van der Waals surface area contributed by atoms with Gasteiger partial charge in [0.15, 0.2) is 0 Å². The van der Waals surface area contributed by atoms with E-state index in [0.29, 0.717) is 43.7 Å². The maximum Gasteiger partial charge on any atom is 0.326 e. The maximum absolute atomic E-state index is 13.2. The van der Waals surface area contributed by atoms with Crippen LogP contribution in [0.15, 0.2) is 42.5 Å². The van der Waals surface area contributed by atoms with Gasteiger partial charge >= 0.3 is 12.0 Å². The third-order valence-electron chi connectivity index (χ3n) is 6.72. The first kappa shape index (κ1) is 32.0. The molecule has 13 heteroatoms. The number of anilines is 3. The SMILES string of the molecule is CCOc1nc2nc(n1)Nc1ccc(C(=O)N[C@@H](CCC(C)=N)C(=O)O)c(c1)OCCCCCCOc1ccc(cc1)CN2. The second-order valence-electron chi connectivity index (χ2n) is 10.3. The summed E-state index contributed by atoms with van der Waals surface area (Å²) in [5, 5.41) is 26.2. The number of nitrogens with zero attached hydrogens (tertiary/aromatic N) is 3. The molecule has 1 atom stereocenters. The number of rotatable bonds is 8. The van der Waals surface area contributed by atoms with Crippen molar-refractivity contribution in [2.75, 3.05) is 30.5 Å². The lowest BCUT2D eigenvalue weighted by Crippen LogP contribution is -2.41. The number of carboxylic acid groups (broad SMARTS) is 1. The Bertz CT molecular complexity index is 1430. The number of fused-ring (bicyclic) bond motifs is 10.